The van der Waals surface area contributed by atoms with Crippen molar-refractivity contribution in [3.8, 4) is 0 Å². The van der Waals surface area contributed by atoms with Crippen LogP contribution in [0.5, 0.6) is 0 Å². The van der Waals surface area contributed by atoms with E-state index in [4.69, 9.17) is 9.47 Å². The van der Waals surface area contributed by atoms with Crippen molar-refractivity contribution < 1.29 is 19.1 Å². The minimum atomic E-state index is -0.460. The van der Waals surface area contributed by atoms with Crippen LogP contribution in [0.4, 0.5) is 4.79 Å². The van der Waals surface area contributed by atoms with Crippen molar-refractivity contribution in [1.29, 1.82) is 0 Å². The van der Waals surface area contributed by atoms with E-state index in [9.17, 15) is 9.59 Å². The maximum Gasteiger partial charge on any atom is 0.407 e. The van der Waals surface area contributed by atoms with E-state index in [1.807, 2.05) is 27.7 Å². The molecule has 0 aromatic rings. The van der Waals surface area contributed by atoms with Crippen LogP contribution in [0.15, 0.2) is 0 Å². The lowest BCUT2D eigenvalue weighted by atomic mass is 10.0. The number of amides is 1. The summed E-state index contributed by atoms with van der Waals surface area (Å²) in [5.74, 6) is -0.121. The molecule has 6 nitrogen and oxygen atoms in total. The van der Waals surface area contributed by atoms with Crippen LogP contribution >= 0.6 is 0 Å². The molecule has 0 radical (unpaired) electrons. The molecule has 0 aromatic carbocycles. The normalized spacial score (nSPS) is 17.1. The summed E-state index contributed by atoms with van der Waals surface area (Å²) in [5.41, 5.74) is -0.460. The Hall–Kier alpha value is -1.30. The lowest BCUT2D eigenvalue weighted by Crippen LogP contribution is -2.46. The highest BCUT2D eigenvalue weighted by Crippen LogP contribution is 2.13. The Balaban J connectivity index is 2.15. The number of carbonyl (C=O) groups excluding carboxylic acids is 2. The predicted octanol–water partition coefficient (Wildman–Crippen LogP) is 2.32. The Bertz CT molecular complexity index is 358. The van der Waals surface area contributed by atoms with Crippen molar-refractivity contribution in [2.45, 2.75) is 65.0 Å². The van der Waals surface area contributed by atoms with Gasteiger partial charge in [0, 0.05) is 25.6 Å². The van der Waals surface area contributed by atoms with Gasteiger partial charge < -0.3 is 19.7 Å². The third-order valence-electron chi connectivity index (χ3n) is 3.47. The number of rotatable bonds is 6. The molecule has 1 heterocycles. The SMILES string of the molecule is CCOC(=O)CCCN1CCC(NC(=O)OC(C)(C)C)CC1. The molecule has 1 rings (SSSR count). The van der Waals surface area contributed by atoms with E-state index >= 15 is 0 Å². The largest absolute Gasteiger partial charge is 0.466 e. The second kappa shape index (κ2) is 8.98. The molecule has 0 aliphatic carbocycles. The summed E-state index contributed by atoms with van der Waals surface area (Å²) in [6.45, 7) is 10.6. The van der Waals surface area contributed by atoms with Gasteiger partial charge in [-0.1, -0.05) is 0 Å². The first-order valence-corrected chi connectivity index (χ1v) is 8.17. The van der Waals surface area contributed by atoms with E-state index in [2.05, 4.69) is 10.2 Å². The third kappa shape index (κ3) is 8.22. The Morgan fingerprint density at radius 2 is 1.86 bits per heavy atom. The fourth-order valence-corrected chi connectivity index (χ4v) is 2.46. The Kier molecular flexibility index (Phi) is 7.65. The van der Waals surface area contributed by atoms with Gasteiger partial charge in [-0.2, -0.15) is 0 Å². The molecule has 0 saturated carbocycles. The topological polar surface area (TPSA) is 67.9 Å². The number of alkyl carbamates (subject to hydrolysis) is 1. The highest BCUT2D eigenvalue weighted by atomic mass is 16.6. The van der Waals surface area contributed by atoms with Crippen LogP contribution < -0.4 is 5.32 Å². The summed E-state index contributed by atoms with van der Waals surface area (Å²) < 4.78 is 10.2. The summed E-state index contributed by atoms with van der Waals surface area (Å²) in [6.07, 6.45) is 2.79. The summed E-state index contributed by atoms with van der Waals surface area (Å²) in [5, 5.41) is 2.93. The van der Waals surface area contributed by atoms with E-state index < -0.39 is 5.60 Å². The van der Waals surface area contributed by atoms with Gasteiger partial charge in [-0.3, -0.25) is 4.79 Å². The highest BCUT2D eigenvalue weighted by Gasteiger charge is 2.23. The monoisotopic (exact) mass is 314 g/mol. The van der Waals surface area contributed by atoms with E-state index in [0.717, 1.165) is 38.9 Å². The molecule has 0 unspecified atom stereocenters. The molecule has 1 aliphatic heterocycles. The van der Waals surface area contributed by atoms with Gasteiger partial charge in [0.1, 0.15) is 5.60 Å². The number of ether oxygens (including phenoxy) is 2. The average molecular weight is 314 g/mol. The number of likely N-dealkylation sites (tertiary alicyclic amines) is 1. The van der Waals surface area contributed by atoms with Crippen LogP contribution in [0.25, 0.3) is 0 Å². The molecule has 0 bridgehead atoms. The Labute approximate surface area is 133 Å². The zero-order valence-corrected chi connectivity index (χ0v) is 14.3. The first-order valence-electron chi connectivity index (χ1n) is 8.17. The van der Waals surface area contributed by atoms with Crippen molar-refractivity contribution in [3.63, 3.8) is 0 Å². The molecular formula is C16H30N2O4. The highest BCUT2D eigenvalue weighted by molar-refractivity contribution is 5.69. The number of piperidine rings is 1. The molecule has 0 atom stereocenters. The smallest absolute Gasteiger partial charge is 0.407 e. The van der Waals surface area contributed by atoms with Crippen LogP contribution in [-0.2, 0) is 14.3 Å². The molecule has 1 amide bonds. The van der Waals surface area contributed by atoms with E-state index in [1.54, 1.807) is 0 Å². The van der Waals surface area contributed by atoms with Crippen molar-refractivity contribution in [1.82, 2.24) is 10.2 Å². The van der Waals surface area contributed by atoms with E-state index in [1.165, 1.54) is 0 Å². The summed E-state index contributed by atoms with van der Waals surface area (Å²) in [7, 11) is 0. The molecule has 1 saturated heterocycles. The zero-order chi connectivity index (χ0) is 16.6. The van der Waals surface area contributed by atoms with Crippen LogP contribution in [0.1, 0.15) is 53.4 Å². The first-order chi connectivity index (χ1) is 10.3. The molecule has 1 fully saturated rings. The first kappa shape index (κ1) is 18.7. The van der Waals surface area contributed by atoms with Crippen molar-refractivity contribution in [2.75, 3.05) is 26.2 Å². The van der Waals surface area contributed by atoms with Gasteiger partial charge in [0.25, 0.3) is 0 Å². The maximum atomic E-state index is 11.7. The van der Waals surface area contributed by atoms with Gasteiger partial charge in [-0.15, -0.1) is 0 Å². The number of hydrogen-bond donors (Lipinski definition) is 1. The van der Waals surface area contributed by atoms with Crippen LogP contribution in [0, 0.1) is 0 Å². The van der Waals surface area contributed by atoms with E-state index in [0.29, 0.717) is 13.0 Å². The van der Waals surface area contributed by atoms with E-state index in [-0.39, 0.29) is 18.1 Å². The molecule has 22 heavy (non-hydrogen) atoms. The van der Waals surface area contributed by atoms with Gasteiger partial charge in [0.05, 0.1) is 6.61 Å². The number of hydrogen-bond acceptors (Lipinski definition) is 5. The molecule has 6 heteroatoms. The predicted molar refractivity (Wildman–Crippen MR) is 84.7 cm³/mol. The van der Waals surface area contributed by atoms with Crippen LogP contribution in [-0.4, -0.2) is 54.8 Å². The minimum Gasteiger partial charge on any atom is -0.466 e. The minimum absolute atomic E-state index is 0.121. The summed E-state index contributed by atoms with van der Waals surface area (Å²) >= 11 is 0. The summed E-state index contributed by atoms with van der Waals surface area (Å²) in [4.78, 5) is 25.3. The van der Waals surface area contributed by atoms with Crippen molar-refractivity contribution in [3.05, 3.63) is 0 Å². The molecular weight excluding hydrogens is 284 g/mol. The standard InChI is InChI=1S/C16H30N2O4/c1-5-21-14(19)7-6-10-18-11-8-13(9-12-18)17-15(20)22-16(2,3)4/h13H,5-12H2,1-4H3,(H,17,20). The molecule has 1 N–H and O–H groups in total. The Morgan fingerprint density at radius 1 is 1.23 bits per heavy atom. The fraction of sp³-hybridized carbons (Fsp3) is 0.875. The van der Waals surface area contributed by atoms with Crippen molar-refractivity contribution >= 4 is 12.1 Å². The molecule has 1 aliphatic rings. The summed E-state index contributed by atoms with van der Waals surface area (Å²) in [6, 6.07) is 0.177. The second-order valence-corrected chi connectivity index (χ2v) is 6.67. The molecule has 128 valence electrons. The lowest BCUT2D eigenvalue weighted by Gasteiger charge is -2.32. The fourth-order valence-electron chi connectivity index (χ4n) is 2.46. The average Bonchev–Trinajstić information content (AvgIpc) is 2.39. The maximum absolute atomic E-state index is 11.7. The quantitative estimate of drug-likeness (QED) is 0.762. The van der Waals surface area contributed by atoms with Gasteiger partial charge in [0.2, 0.25) is 0 Å². The molecule has 0 spiro atoms. The van der Waals surface area contributed by atoms with Gasteiger partial charge >= 0.3 is 12.1 Å². The molecule has 0 aromatic heterocycles. The van der Waals surface area contributed by atoms with Crippen molar-refractivity contribution in [2.24, 2.45) is 0 Å². The zero-order valence-electron chi connectivity index (χ0n) is 14.3. The lowest BCUT2D eigenvalue weighted by molar-refractivity contribution is -0.143. The number of nitrogens with one attached hydrogen (secondary N) is 1. The number of carbonyl (C=O) groups is 2. The second-order valence-electron chi connectivity index (χ2n) is 6.67. The number of esters is 1. The van der Waals surface area contributed by atoms with Gasteiger partial charge in [0.15, 0.2) is 0 Å². The van der Waals surface area contributed by atoms with Gasteiger partial charge in [-0.25, -0.2) is 4.79 Å². The van der Waals surface area contributed by atoms with Gasteiger partial charge in [-0.05, 0) is 53.5 Å². The van der Waals surface area contributed by atoms with Crippen LogP contribution in [0.3, 0.4) is 0 Å². The van der Waals surface area contributed by atoms with Crippen LogP contribution in [0.2, 0.25) is 0 Å². The number of nitrogens with zero attached hydrogens (tertiary/aromatic N) is 1. The Morgan fingerprint density at radius 3 is 2.41 bits per heavy atom. The third-order valence-corrected chi connectivity index (χ3v) is 3.47.